The highest BCUT2D eigenvalue weighted by Gasteiger charge is 2.20. The van der Waals surface area contributed by atoms with Gasteiger partial charge in [0.1, 0.15) is 6.04 Å². The van der Waals surface area contributed by atoms with Gasteiger partial charge < -0.3 is 24.9 Å². The van der Waals surface area contributed by atoms with Gasteiger partial charge in [0.05, 0.1) is 20.6 Å². The minimum atomic E-state index is -0.783. The Labute approximate surface area is 219 Å². The van der Waals surface area contributed by atoms with Gasteiger partial charge >= 0.3 is 5.76 Å². The zero-order chi connectivity index (χ0) is 27.7. The molecule has 3 rings (SSSR count). The number of guanidine groups is 1. The van der Waals surface area contributed by atoms with Crippen LogP contribution >= 0.6 is 0 Å². The molecule has 1 aromatic heterocycles. The van der Waals surface area contributed by atoms with E-state index in [1.807, 2.05) is 13.8 Å². The van der Waals surface area contributed by atoms with Crippen molar-refractivity contribution in [2.24, 2.45) is 16.6 Å². The molecule has 2 amide bonds. The van der Waals surface area contributed by atoms with Crippen molar-refractivity contribution in [1.82, 2.24) is 20.8 Å². The van der Waals surface area contributed by atoms with Gasteiger partial charge in [-0.05, 0) is 47.7 Å². The number of benzene rings is 2. The van der Waals surface area contributed by atoms with Gasteiger partial charge in [-0.25, -0.2) is 14.9 Å². The van der Waals surface area contributed by atoms with Crippen LogP contribution in [-0.4, -0.2) is 48.2 Å². The minimum Gasteiger partial charge on any atom is -0.493 e. The van der Waals surface area contributed by atoms with Crippen molar-refractivity contribution >= 4 is 17.8 Å². The molecule has 0 aliphatic carbocycles. The molecule has 1 atom stereocenters. The number of nitrogens with one attached hydrogen (secondary N) is 3. The van der Waals surface area contributed by atoms with Crippen molar-refractivity contribution in [1.29, 1.82) is 0 Å². The van der Waals surface area contributed by atoms with Crippen LogP contribution < -0.4 is 31.6 Å². The summed E-state index contributed by atoms with van der Waals surface area (Å²) in [5, 5.41) is 11.4. The van der Waals surface area contributed by atoms with E-state index in [9.17, 15) is 14.4 Å². The molecule has 0 radical (unpaired) electrons. The molecule has 38 heavy (non-hydrogen) atoms. The Kier molecular flexibility index (Phi) is 9.63. The first-order valence-electron chi connectivity index (χ1n) is 11.9. The van der Waals surface area contributed by atoms with Crippen molar-refractivity contribution in [3.8, 4) is 23.0 Å². The van der Waals surface area contributed by atoms with Crippen LogP contribution in [0, 0.1) is 5.92 Å². The van der Waals surface area contributed by atoms with Crippen molar-refractivity contribution in [3.05, 3.63) is 64.1 Å². The van der Waals surface area contributed by atoms with E-state index in [0.717, 1.165) is 5.56 Å². The molecule has 3 aromatic rings. The zero-order valence-corrected chi connectivity index (χ0v) is 21.7. The molecule has 12 nitrogen and oxygen atoms in total. The van der Waals surface area contributed by atoms with E-state index >= 15 is 0 Å². The Balaban J connectivity index is 1.60. The summed E-state index contributed by atoms with van der Waals surface area (Å²) in [4.78, 5) is 40.8. The normalized spacial score (nSPS) is 12.2. The monoisotopic (exact) mass is 524 g/mol. The highest BCUT2D eigenvalue weighted by atomic mass is 16.5. The molecular weight excluding hydrogens is 492 g/mol. The number of methoxy groups -OCH3 is 2. The number of carbonyl (C=O) groups is 2. The number of hydrogen-bond acceptors (Lipinski definition) is 8. The lowest BCUT2D eigenvalue weighted by Crippen LogP contribution is -2.41. The topological polar surface area (TPSA) is 174 Å². The fourth-order valence-corrected chi connectivity index (χ4v) is 3.65. The standard InChI is InChI=1S/C26H32N6O6/c1-15(2)11-19(23(34)28-14-16-5-8-18(9-6-16)24-31-32-26(35)38-24)29-25(27)30-22(33)13-17-7-10-20(36-3)21(12-17)37-4/h5-10,12,15,19H,11,13-14H2,1-4H3,(H,28,34)(H,32,35)(H3,27,29,30,33). The van der Waals surface area contributed by atoms with E-state index in [0.29, 0.717) is 29.0 Å². The number of nitrogens with zero attached hydrogens (tertiary/aromatic N) is 2. The number of hydrogen-bond donors (Lipinski definition) is 4. The SMILES string of the molecule is COc1ccc(CC(=O)NC(N)=NC(CC(C)C)C(=O)NCc2ccc(-c3n[nH]c(=O)o3)cc2)cc1OC. The molecule has 1 unspecified atom stereocenters. The molecule has 0 spiro atoms. The summed E-state index contributed by atoms with van der Waals surface area (Å²) in [5.74, 6) is -0.0651. The zero-order valence-electron chi connectivity index (χ0n) is 21.7. The van der Waals surface area contributed by atoms with Gasteiger partial charge in [-0.15, -0.1) is 5.10 Å². The van der Waals surface area contributed by atoms with Crippen molar-refractivity contribution in [3.63, 3.8) is 0 Å². The first-order valence-corrected chi connectivity index (χ1v) is 11.9. The van der Waals surface area contributed by atoms with Crippen LogP contribution in [0.1, 0.15) is 31.4 Å². The van der Waals surface area contributed by atoms with Crippen molar-refractivity contribution < 1.29 is 23.5 Å². The van der Waals surface area contributed by atoms with Crippen LogP contribution in [-0.2, 0) is 22.6 Å². The van der Waals surface area contributed by atoms with Crippen LogP contribution in [0.25, 0.3) is 11.5 Å². The molecule has 1 heterocycles. The molecular formula is C26H32N6O6. The van der Waals surface area contributed by atoms with Gasteiger partial charge in [0.15, 0.2) is 17.5 Å². The summed E-state index contributed by atoms with van der Waals surface area (Å²) in [5.41, 5.74) is 8.12. The molecule has 0 bridgehead atoms. The number of carbonyl (C=O) groups excluding carboxylic acids is 2. The predicted molar refractivity (Wildman–Crippen MR) is 141 cm³/mol. The molecule has 0 saturated carbocycles. The van der Waals surface area contributed by atoms with Crippen LogP contribution in [0.2, 0.25) is 0 Å². The van der Waals surface area contributed by atoms with Crippen molar-refractivity contribution in [2.75, 3.05) is 14.2 Å². The molecule has 12 heteroatoms. The first-order chi connectivity index (χ1) is 18.2. The fourth-order valence-electron chi connectivity index (χ4n) is 3.65. The van der Waals surface area contributed by atoms with Crippen LogP contribution in [0.5, 0.6) is 11.5 Å². The van der Waals surface area contributed by atoms with Gasteiger partial charge in [0.2, 0.25) is 17.7 Å². The quantitative estimate of drug-likeness (QED) is 0.217. The number of ether oxygens (including phenoxy) is 2. The van der Waals surface area contributed by atoms with Crippen molar-refractivity contribution in [2.45, 2.75) is 39.3 Å². The summed E-state index contributed by atoms with van der Waals surface area (Å²) in [7, 11) is 3.05. The summed E-state index contributed by atoms with van der Waals surface area (Å²) in [6.07, 6.45) is 0.477. The highest BCUT2D eigenvalue weighted by Crippen LogP contribution is 2.27. The smallest absolute Gasteiger partial charge is 0.434 e. The lowest BCUT2D eigenvalue weighted by atomic mass is 10.0. The molecule has 0 fully saturated rings. The Morgan fingerprint density at radius 1 is 1.08 bits per heavy atom. The second-order valence-electron chi connectivity index (χ2n) is 8.91. The average molecular weight is 525 g/mol. The van der Waals surface area contributed by atoms with E-state index in [1.54, 1.807) is 42.5 Å². The lowest BCUT2D eigenvalue weighted by molar-refractivity contribution is -0.123. The summed E-state index contributed by atoms with van der Waals surface area (Å²) >= 11 is 0. The lowest BCUT2D eigenvalue weighted by Gasteiger charge is -2.16. The summed E-state index contributed by atoms with van der Waals surface area (Å²) < 4.78 is 15.4. The van der Waals surface area contributed by atoms with E-state index in [-0.39, 0.29) is 42.5 Å². The number of H-pyrrole nitrogens is 1. The molecule has 5 N–H and O–H groups in total. The molecule has 0 aliphatic rings. The highest BCUT2D eigenvalue weighted by molar-refractivity contribution is 5.98. The minimum absolute atomic E-state index is 0.0370. The molecule has 0 saturated heterocycles. The van der Waals surface area contributed by atoms with Gasteiger partial charge in [-0.1, -0.05) is 32.0 Å². The molecule has 2 aromatic carbocycles. The van der Waals surface area contributed by atoms with E-state index in [1.165, 1.54) is 14.2 Å². The summed E-state index contributed by atoms with van der Waals surface area (Å²) in [6.45, 7) is 4.18. The van der Waals surface area contributed by atoms with Crippen LogP contribution in [0.4, 0.5) is 0 Å². The van der Waals surface area contributed by atoms with Gasteiger partial charge in [-0.3, -0.25) is 14.9 Å². The van der Waals surface area contributed by atoms with Gasteiger partial charge in [-0.2, -0.15) is 0 Å². The fraction of sp³-hybridized carbons (Fsp3) is 0.346. The Bertz CT molecular complexity index is 1330. The van der Waals surface area contributed by atoms with Crippen LogP contribution in [0.15, 0.2) is 56.7 Å². The number of aliphatic imine (C=N–C) groups is 1. The second kappa shape index (κ2) is 13.1. The maximum absolute atomic E-state index is 12.9. The van der Waals surface area contributed by atoms with Gasteiger partial charge in [0.25, 0.3) is 0 Å². The number of aromatic amines is 1. The van der Waals surface area contributed by atoms with Gasteiger partial charge in [0, 0.05) is 12.1 Å². The maximum Gasteiger partial charge on any atom is 0.434 e. The van der Waals surface area contributed by atoms with E-state index < -0.39 is 11.8 Å². The number of nitrogens with two attached hydrogens (primary N) is 1. The average Bonchev–Trinajstić information content (AvgIpc) is 3.32. The first kappa shape index (κ1) is 28.0. The third-order valence-corrected chi connectivity index (χ3v) is 5.48. The Morgan fingerprint density at radius 2 is 1.76 bits per heavy atom. The second-order valence-corrected chi connectivity index (χ2v) is 8.91. The number of aromatic nitrogens is 2. The predicted octanol–water partition coefficient (Wildman–Crippen LogP) is 1.75. The molecule has 0 aliphatic heterocycles. The summed E-state index contributed by atoms with van der Waals surface area (Å²) in [6, 6.07) is 11.4. The van der Waals surface area contributed by atoms with E-state index in [4.69, 9.17) is 19.6 Å². The Hall–Kier alpha value is -4.61. The Morgan fingerprint density at radius 3 is 2.37 bits per heavy atom. The number of rotatable bonds is 11. The van der Waals surface area contributed by atoms with Crippen LogP contribution in [0.3, 0.4) is 0 Å². The third kappa shape index (κ3) is 7.95. The maximum atomic E-state index is 12.9. The largest absolute Gasteiger partial charge is 0.493 e. The third-order valence-electron chi connectivity index (χ3n) is 5.48. The number of amides is 2. The van der Waals surface area contributed by atoms with E-state index in [2.05, 4.69) is 25.8 Å². The molecule has 202 valence electrons.